The Hall–Kier alpha value is 0.440. The lowest BCUT2D eigenvalue weighted by Crippen LogP contribution is -2.05. The van der Waals surface area contributed by atoms with Crippen LogP contribution in [0.1, 0.15) is 19.3 Å². The van der Waals surface area contributed by atoms with Gasteiger partial charge in [0.15, 0.2) is 0 Å². The largest absolute Gasteiger partial charge is 0.390 e. The third-order valence-electron chi connectivity index (χ3n) is 1.39. The molecular weight excluding hydrogens is 156 g/mol. The second-order valence-corrected chi connectivity index (χ2v) is 2.96. The zero-order valence-electron chi connectivity index (χ0n) is 4.15. The number of hydrogen-bond donors (Lipinski definition) is 1. The topological polar surface area (TPSA) is 20.2 Å². The lowest BCUT2D eigenvalue weighted by Gasteiger charge is -1.99. The van der Waals surface area contributed by atoms with E-state index in [1.165, 1.54) is 0 Å². The predicted octanol–water partition coefficient (Wildman–Crippen LogP) is 1.30. The second kappa shape index (κ2) is 1.75. The Morgan fingerprint density at radius 3 is 2.29 bits per heavy atom. The van der Waals surface area contributed by atoms with Crippen molar-refractivity contribution in [2.45, 2.75) is 24.9 Å². The fourth-order valence-electron chi connectivity index (χ4n) is 0.570. The molecule has 1 N–H and O–H groups in total. The third kappa shape index (κ3) is 1.42. The first kappa shape index (κ1) is 5.57. The summed E-state index contributed by atoms with van der Waals surface area (Å²) in [5.74, 6) is 0. The Morgan fingerprint density at radius 2 is 2.14 bits per heavy atom. The molecule has 2 heteroatoms. The van der Waals surface area contributed by atoms with E-state index in [2.05, 4.69) is 15.9 Å². The lowest BCUT2D eigenvalue weighted by atomic mass is 10.3. The molecule has 0 saturated heterocycles. The summed E-state index contributed by atoms with van der Waals surface area (Å²) in [4.78, 5) is 0. The van der Waals surface area contributed by atoms with Gasteiger partial charge in [-0.15, -0.1) is 0 Å². The molecule has 42 valence electrons. The van der Waals surface area contributed by atoms with Gasteiger partial charge in [0.2, 0.25) is 0 Å². The minimum Gasteiger partial charge on any atom is -0.390 e. The molecule has 1 aliphatic rings. The van der Waals surface area contributed by atoms with Gasteiger partial charge < -0.3 is 5.11 Å². The maximum Gasteiger partial charge on any atom is 0.0658 e. The van der Waals surface area contributed by atoms with E-state index in [0.717, 1.165) is 24.6 Å². The van der Waals surface area contributed by atoms with Crippen LogP contribution in [0.2, 0.25) is 0 Å². The summed E-state index contributed by atoms with van der Waals surface area (Å²) in [7, 11) is 0. The second-order valence-electron chi connectivity index (χ2n) is 2.16. The van der Waals surface area contributed by atoms with Crippen molar-refractivity contribution < 1.29 is 5.11 Å². The summed E-state index contributed by atoms with van der Waals surface area (Å²) in [5, 5.41) is 10.0. The van der Waals surface area contributed by atoms with Gasteiger partial charge in [-0.3, -0.25) is 0 Å². The van der Waals surface area contributed by atoms with E-state index in [0.29, 0.717) is 0 Å². The van der Waals surface area contributed by atoms with Gasteiger partial charge in [-0.2, -0.15) is 0 Å². The number of halogens is 1. The van der Waals surface area contributed by atoms with Crippen LogP contribution in [-0.2, 0) is 0 Å². The van der Waals surface area contributed by atoms with E-state index in [4.69, 9.17) is 5.11 Å². The maximum absolute atomic E-state index is 9.10. The van der Waals surface area contributed by atoms with Gasteiger partial charge in [0.05, 0.1) is 5.60 Å². The maximum atomic E-state index is 9.10. The molecule has 0 aromatic rings. The standard InChI is InChI=1S/C5H9BrO/c6-4-3-5(7)1-2-5/h7H,1-4H2. The van der Waals surface area contributed by atoms with E-state index in [1.54, 1.807) is 0 Å². The Kier molecular flexibility index (Phi) is 1.39. The molecule has 0 heterocycles. The number of rotatable bonds is 2. The van der Waals surface area contributed by atoms with Crippen LogP contribution in [0.5, 0.6) is 0 Å². The SMILES string of the molecule is OC1(CCBr)CC1. The van der Waals surface area contributed by atoms with E-state index >= 15 is 0 Å². The summed E-state index contributed by atoms with van der Waals surface area (Å²) in [6.07, 6.45) is 2.95. The molecule has 0 spiro atoms. The summed E-state index contributed by atoms with van der Waals surface area (Å²) in [6.45, 7) is 0. The minimum atomic E-state index is -0.247. The van der Waals surface area contributed by atoms with Crippen molar-refractivity contribution in [3.63, 3.8) is 0 Å². The van der Waals surface area contributed by atoms with Crippen LogP contribution in [0.3, 0.4) is 0 Å². The van der Waals surface area contributed by atoms with Crippen LogP contribution in [-0.4, -0.2) is 16.0 Å². The fourth-order valence-corrected chi connectivity index (χ4v) is 1.31. The van der Waals surface area contributed by atoms with Gasteiger partial charge in [0, 0.05) is 5.33 Å². The van der Waals surface area contributed by atoms with Crippen LogP contribution >= 0.6 is 15.9 Å². The zero-order chi connectivity index (χ0) is 5.33. The highest BCUT2D eigenvalue weighted by molar-refractivity contribution is 9.09. The average molecular weight is 165 g/mol. The molecule has 7 heavy (non-hydrogen) atoms. The van der Waals surface area contributed by atoms with Gasteiger partial charge in [-0.1, -0.05) is 15.9 Å². The Morgan fingerprint density at radius 1 is 1.57 bits per heavy atom. The monoisotopic (exact) mass is 164 g/mol. The van der Waals surface area contributed by atoms with E-state index < -0.39 is 0 Å². The van der Waals surface area contributed by atoms with Crippen LogP contribution < -0.4 is 0 Å². The first-order valence-corrected chi connectivity index (χ1v) is 3.67. The highest BCUT2D eigenvalue weighted by atomic mass is 79.9. The van der Waals surface area contributed by atoms with E-state index in [9.17, 15) is 0 Å². The molecular formula is C5H9BrO. The van der Waals surface area contributed by atoms with E-state index in [1.807, 2.05) is 0 Å². The van der Waals surface area contributed by atoms with Crippen molar-refractivity contribution in [1.82, 2.24) is 0 Å². The van der Waals surface area contributed by atoms with Crippen molar-refractivity contribution in [2.75, 3.05) is 5.33 Å². The molecule has 1 aliphatic carbocycles. The third-order valence-corrected chi connectivity index (χ3v) is 1.78. The average Bonchev–Trinajstić information content (AvgIpc) is 2.22. The molecule has 0 unspecified atom stereocenters. The highest BCUT2D eigenvalue weighted by Gasteiger charge is 2.38. The molecule has 0 aromatic heterocycles. The van der Waals surface area contributed by atoms with Gasteiger partial charge in [-0.05, 0) is 19.3 Å². The first-order chi connectivity index (χ1) is 3.27. The predicted molar refractivity (Wildman–Crippen MR) is 32.6 cm³/mol. The van der Waals surface area contributed by atoms with Crippen molar-refractivity contribution in [3.8, 4) is 0 Å². The molecule has 0 atom stereocenters. The quantitative estimate of drug-likeness (QED) is 0.611. The van der Waals surface area contributed by atoms with Crippen molar-refractivity contribution >= 4 is 15.9 Å². The van der Waals surface area contributed by atoms with Crippen LogP contribution in [0.4, 0.5) is 0 Å². The summed E-state index contributed by atoms with van der Waals surface area (Å²) in [5.41, 5.74) is -0.247. The minimum absolute atomic E-state index is 0.247. The zero-order valence-corrected chi connectivity index (χ0v) is 5.74. The fraction of sp³-hybridized carbons (Fsp3) is 1.00. The number of aliphatic hydroxyl groups is 1. The van der Waals surface area contributed by atoms with Crippen molar-refractivity contribution in [3.05, 3.63) is 0 Å². The molecule has 0 amide bonds. The molecule has 0 aromatic carbocycles. The van der Waals surface area contributed by atoms with Gasteiger partial charge >= 0.3 is 0 Å². The van der Waals surface area contributed by atoms with E-state index in [-0.39, 0.29) is 5.60 Å². The van der Waals surface area contributed by atoms with Crippen LogP contribution in [0.15, 0.2) is 0 Å². The molecule has 1 rings (SSSR count). The number of hydrogen-bond acceptors (Lipinski definition) is 1. The smallest absolute Gasteiger partial charge is 0.0658 e. The summed E-state index contributed by atoms with van der Waals surface area (Å²) < 4.78 is 0. The molecule has 1 fully saturated rings. The Bertz CT molecular complexity index is 68.5. The normalized spacial score (nSPS) is 24.9. The van der Waals surface area contributed by atoms with Gasteiger partial charge in [-0.25, -0.2) is 0 Å². The van der Waals surface area contributed by atoms with Crippen LogP contribution in [0.25, 0.3) is 0 Å². The Balaban J connectivity index is 2.13. The molecule has 0 bridgehead atoms. The first-order valence-electron chi connectivity index (χ1n) is 2.55. The molecule has 0 aliphatic heterocycles. The molecule has 0 radical (unpaired) electrons. The lowest BCUT2D eigenvalue weighted by molar-refractivity contribution is 0.148. The van der Waals surface area contributed by atoms with Crippen LogP contribution in [0, 0.1) is 0 Å². The molecule has 1 nitrogen and oxygen atoms in total. The highest BCUT2D eigenvalue weighted by Crippen LogP contribution is 2.38. The van der Waals surface area contributed by atoms with Gasteiger partial charge in [0.1, 0.15) is 0 Å². The van der Waals surface area contributed by atoms with Crippen molar-refractivity contribution in [1.29, 1.82) is 0 Å². The van der Waals surface area contributed by atoms with Gasteiger partial charge in [0.25, 0.3) is 0 Å². The molecule has 1 saturated carbocycles. The summed E-state index contributed by atoms with van der Waals surface area (Å²) >= 11 is 3.27. The van der Waals surface area contributed by atoms with Crippen molar-refractivity contribution in [2.24, 2.45) is 0 Å². The Labute approximate surface area is 51.9 Å². The summed E-state index contributed by atoms with van der Waals surface area (Å²) in [6, 6.07) is 0. The number of alkyl halides is 1.